The second-order valence-corrected chi connectivity index (χ2v) is 6.48. The maximum Gasteiger partial charge on any atom is 0.340 e. The highest BCUT2D eigenvalue weighted by Crippen LogP contribution is 2.20. The highest BCUT2D eigenvalue weighted by atomic mass is 35.5. The van der Waals surface area contributed by atoms with Crippen LogP contribution in [-0.2, 0) is 9.53 Å². The molecule has 27 heavy (non-hydrogen) atoms. The number of esters is 1. The van der Waals surface area contributed by atoms with E-state index in [9.17, 15) is 18.8 Å². The van der Waals surface area contributed by atoms with Gasteiger partial charge in [0.25, 0.3) is 11.8 Å². The highest BCUT2D eigenvalue weighted by molar-refractivity contribution is 6.33. The molecule has 0 atom stereocenters. The lowest BCUT2D eigenvalue weighted by Crippen LogP contribution is -2.25. The minimum Gasteiger partial charge on any atom is -0.452 e. The van der Waals surface area contributed by atoms with Gasteiger partial charge in [0.05, 0.1) is 10.6 Å². The van der Waals surface area contributed by atoms with Crippen LogP contribution in [0.5, 0.6) is 0 Å². The van der Waals surface area contributed by atoms with Gasteiger partial charge in [-0.1, -0.05) is 17.7 Å². The van der Waals surface area contributed by atoms with Crippen molar-refractivity contribution < 1.29 is 23.5 Å². The summed E-state index contributed by atoms with van der Waals surface area (Å²) in [6.45, 7) is -0.551. The SMILES string of the molecule is O=C(COC(=O)c1ccc(F)cc1Cl)Nc1cccc(C(=O)NC2CC2)c1. The fourth-order valence-corrected chi connectivity index (χ4v) is 2.54. The van der Waals surface area contributed by atoms with Crippen molar-refractivity contribution in [3.8, 4) is 0 Å². The molecular formula is C19H16ClFN2O4. The monoisotopic (exact) mass is 390 g/mol. The van der Waals surface area contributed by atoms with Crippen LogP contribution in [-0.4, -0.2) is 30.4 Å². The van der Waals surface area contributed by atoms with Gasteiger partial charge < -0.3 is 15.4 Å². The Morgan fingerprint density at radius 1 is 1.15 bits per heavy atom. The molecule has 2 aromatic carbocycles. The van der Waals surface area contributed by atoms with Gasteiger partial charge in [0, 0.05) is 17.3 Å². The number of anilines is 1. The first-order valence-corrected chi connectivity index (χ1v) is 8.63. The largest absolute Gasteiger partial charge is 0.452 e. The third-order valence-corrected chi connectivity index (χ3v) is 4.12. The third-order valence-electron chi connectivity index (χ3n) is 3.81. The molecule has 140 valence electrons. The summed E-state index contributed by atoms with van der Waals surface area (Å²) < 4.78 is 17.9. The highest BCUT2D eigenvalue weighted by Gasteiger charge is 2.23. The zero-order valence-electron chi connectivity index (χ0n) is 14.1. The first-order chi connectivity index (χ1) is 12.9. The van der Waals surface area contributed by atoms with Crippen LogP contribution in [0.1, 0.15) is 33.6 Å². The minimum absolute atomic E-state index is 0.0374. The second-order valence-electron chi connectivity index (χ2n) is 6.08. The van der Waals surface area contributed by atoms with Gasteiger partial charge in [-0.25, -0.2) is 9.18 Å². The van der Waals surface area contributed by atoms with E-state index in [1.54, 1.807) is 18.2 Å². The molecule has 0 radical (unpaired) electrons. The third kappa shape index (κ3) is 5.27. The topological polar surface area (TPSA) is 84.5 Å². The van der Waals surface area contributed by atoms with Crippen molar-refractivity contribution in [1.82, 2.24) is 5.32 Å². The molecule has 1 aliphatic carbocycles. The zero-order valence-corrected chi connectivity index (χ0v) is 14.9. The number of carbonyl (C=O) groups excluding carboxylic acids is 3. The molecule has 1 saturated carbocycles. The summed E-state index contributed by atoms with van der Waals surface area (Å²) in [5.74, 6) is -2.21. The maximum absolute atomic E-state index is 13.0. The predicted octanol–water partition coefficient (Wildman–Crippen LogP) is 3.17. The number of halogens is 2. The molecule has 1 aliphatic rings. The van der Waals surface area contributed by atoms with Gasteiger partial charge in [-0.3, -0.25) is 9.59 Å². The number of ether oxygens (including phenoxy) is 1. The molecule has 0 heterocycles. The summed E-state index contributed by atoms with van der Waals surface area (Å²) in [7, 11) is 0. The Morgan fingerprint density at radius 2 is 1.93 bits per heavy atom. The lowest BCUT2D eigenvalue weighted by molar-refractivity contribution is -0.119. The van der Waals surface area contributed by atoms with E-state index >= 15 is 0 Å². The van der Waals surface area contributed by atoms with Gasteiger partial charge in [0.1, 0.15) is 5.82 Å². The molecule has 2 amide bonds. The molecule has 0 aliphatic heterocycles. The molecule has 8 heteroatoms. The van der Waals surface area contributed by atoms with Crippen LogP contribution in [0.4, 0.5) is 10.1 Å². The molecule has 0 spiro atoms. The van der Waals surface area contributed by atoms with Gasteiger partial charge in [-0.15, -0.1) is 0 Å². The van der Waals surface area contributed by atoms with Crippen LogP contribution in [0.3, 0.4) is 0 Å². The van der Waals surface area contributed by atoms with Crippen LogP contribution in [0, 0.1) is 5.82 Å². The number of hydrogen-bond donors (Lipinski definition) is 2. The molecule has 6 nitrogen and oxygen atoms in total. The average Bonchev–Trinajstić information content (AvgIpc) is 3.44. The van der Waals surface area contributed by atoms with E-state index in [1.807, 2.05) is 0 Å². The number of hydrogen-bond acceptors (Lipinski definition) is 4. The molecule has 1 fully saturated rings. The van der Waals surface area contributed by atoms with Crippen molar-refractivity contribution in [1.29, 1.82) is 0 Å². The maximum atomic E-state index is 13.0. The number of amides is 2. The van der Waals surface area contributed by atoms with Crippen molar-refractivity contribution in [2.24, 2.45) is 0 Å². The Labute approximate surface area is 159 Å². The average molecular weight is 391 g/mol. The second kappa shape index (κ2) is 8.18. The van der Waals surface area contributed by atoms with E-state index in [4.69, 9.17) is 16.3 Å². The molecule has 3 rings (SSSR count). The van der Waals surface area contributed by atoms with Gasteiger partial charge in [0.2, 0.25) is 0 Å². The Balaban J connectivity index is 1.54. The first kappa shape index (κ1) is 18.8. The minimum atomic E-state index is -0.840. The molecule has 0 saturated heterocycles. The van der Waals surface area contributed by atoms with E-state index in [0.717, 1.165) is 25.0 Å². The van der Waals surface area contributed by atoms with Crippen molar-refractivity contribution in [2.75, 3.05) is 11.9 Å². The molecule has 0 aromatic heterocycles. The zero-order chi connectivity index (χ0) is 19.4. The Bertz CT molecular complexity index is 899. The van der Waals surface area contributed by atoms with E-state index in [2.05, 4.69) is 10.6 Å². The van der Waals surface area contributed by atoms with Crippen molar-refractivity contribution in [3.63, 3.8) is 0 Å². The Hall–Kier alpha value is -2.93. The quantitative estimate of drug-likeness (QED) is 0.742. The fourth-order valence-electron chi connectivity index (χ4n) is 2.30. The van der Waals surface area contributed by atoms with Crippen molar-refractivity contribution >= 4 is 35.1 Å². The summed E-state index contributed by atoms with van der Waals surface area (Å²) in [6, 6.07) is 9.90. The van der Waals surface area contributed by atoms with Crippen LogP contribution in [0.15, 0.2) is 42.5 Å². The molecule has 2 N–H and O–H groups in total. The van der Waals surface area contributed by atoms with Crippen LogP contribution in [0.25, 0.3) is 0 Å². The van der Waals surface area contributed by atoms with E-state index in [-0.39, 0.29) is 22.5 Å². The van der Waals surface area contributed by atoms with E-state index in [0.29, 0.717) is 11.3 Å². The van der Waals surface area contributed by atoms with Crippen LogP contribution in [0.2, 0.25) is 5.02 Å². The lowest BCUT2D eigenvalue weighted by Gasteiger charge is -2.09. The summed E-state index contributed by atoms with van der Waals surface area (Å²) in [6.07, 6.45) is 1.96. The fraction of sp³-hybridized carbons (Fsp3) is 0.211. The van der Waals surface area contributed by atoms with Crippen molar-refractivity contribution in [3.05, 3.63) is 64.4 Å². The smallest absolute Gasteiger partial charge is 0.340 e. The molecule has 0 bridgehead atoms. The van der Waals surface area contributed by atoms with Crippen LogP contribution < -0.4 is 10.6 Å². The van der Waals surface area contributed by atoms with Gasteiger partial charge >= 0.3 is 5.97 Å². The summed E-state index contributed by atoms with van der Waals surface area (Å²) in [5, 5.41) is 5.30. The standard InChI is InChI=1S/C19H16ClFN2O4/c20-16-9-12(21)4-7-15(16)19(26)27-10-17(24)22-14-3-1-2-11(8-14)18(25)23-13-5-6-13/h1-4,7-9,13H,5-6,10H2,(H,22,24)(H,23,25). The summed E-state index contributed by atoms with van der Waals surface area (Å²) in [4.78, 5) is 35.9. The van der Waals surface area contributed by atoms with Crippen LogP contribution >= 0.6 is 11.6 Å². The number of benzene rings is 2. The van der Waals surface area contributed by atoms with Crippen molar-refractivity contribution in [2.45, 2.75) is 18.9 Å². The van der Waals surface area contributed by atoms with Gasteiger partial charge in [-0.05, 0) is 49.2 Å². The van der Waals surface area contributed by atoms with Gasteiger partial charge in [-0.2, -0.15) is 0 Å². The van der Waals surface area contributed by atoms with E-state index < -0.39 is 24.3 Å². The molecular weight excluding hydrogens is 375 g/mol. The number of carbonyl (C=O) groups is 3. The normalized spacial score (nSPS) is 13.0. The number of nitrogens with one attached hydrogen (secondary N) is 2. The molecule has 2 aromatic rings. The summed E-state index contributed by atoms with van der Waals surface area (Å²) in [5.41, 5.74) is 0.790. The predicted molar refractivity (Wildman–Crippen MR) is 97.3 cm³/mol. The lowest BCUT2D eigenvalue weighted by atomic mass is 10.2. The molecule has 0 unspecified atom stereocenters. The summed E-state index contributed by atoms with van der Waals surface area (Å²) >= 11 is 5.78. The first-order valence-electron chi connectivity index (χ1n) is 8.25. The Morgan fingerprint density at radius 3 is 2.63 bits per heavy atom. The van der Waals surface area contributed by atoms with Gasteiger partial charge in [0.15, 0.2) is 6.61 Å². The Kier molecular flexibility index (Phi) is 5.71. The van der Waals surface area contributed by atoms with E-state index in [1.165, 1.54) is 12.1 Å². The number of rotatable bonds is 6.